The number of carbonyl (C=O) groups excluding carboxylic acids is 1. The Kier molecular flexibility index (Phi) is 6.67. The Balaban J connectivity index is 1.46. The fourth-order valence-electron chi connectivity index (χ4n) is 3.79. The lowest BCUT2D eigenvalue weighted by Crippen LogP contribution is -2.39. The molecule has 1 aliphatic heterocycles. The zero-order valence-electron chi connectivity index (χ0n) is 18.3. The average molecular weight is 454 g/mol. The molecule has 1 saturated heterocycles. The number of methoxy groups -OCH3 is 1. The topological polar surface area (TPSA) is 76.6 Å². The maximum atomic E-state index is 13.9. The number of aromatic nitrogens is 2. The van der Waals surface area contributed by atoms with Gasteiger partial charge in [-0.3, -0.25) is 14.8 Å². The first-order chi connectivity index (χ1) is 15.9. The molecule has 3 aromatic rings. The van der Waals surface area contributed by atoms with Gasteiger partial charge in [0.25, 0.3) is 5.91 Å². The molecule has 3 heterocycles. The number of nitrogens with zero attached hydrogens (tertiary/aromatic N) is 3. The highest BCUT2D eigenvalue weighted by atomic mass is 19.1. The van der Waals surface area contributed by atoms with Crippen molar-refractivity contribution >= 4 is 17.3 Å². The van der Waals surface area contributed by atoms with Gasteiger partial charge in [-0.25, -0.2) is 8.78 Å². The number of nitrogens with one attached hydrogen (secondary N) is 1. The van der Waals surface area contributed by atoms with Crippen LogP contribution in [0.3, 0.4) is 0 Å². The van der Waals surface area contributed by atoms with Crippen molar-refractivity contribution in [2.45, 2.75) is 25.9 Å². The third-order valence-electron chi connectivity index (χ3n) is 5.48. The summed E-state index contributed by atoms with van der Waals surface area (Å²) < 4.78 is 38.1. The largest absolute Gasteiger partial charge is 0.496 e. The standard InChI is InChI=1S/C24H24F2N4O3/c1-15-11-21(20(14-28-15)29-24(31)18-13-27-8-5-22(18)32-2)30-9-6-17(7-10-30)33-23-4-3-16(25)12-19(23)26/h3-5,8,11-14,17H,6-7,9-10H2,1-2H3,(H,29,31). The quantitative estimate of drug-likeness (QED) is 0.596. The van der Waals surface area contributed by atoms with Crippen LogP contribution in [0.25, 0.3) is 0 Å². The van der Waals surface area contributed by atoms with Gasteiger partial charge in [0, 0.05) is 50.1 Å². The summed E-state index contributed by atoms with van der Waals surface area (Å²) in [5, 5.41) is 2.91. The van der Waals surface area contributed by atoms with Crippen LogP contribution in [0.2, 0.25) is 0 Å². The zero-order valence-corrected chi connectivity index (χ0v) is 18.3. The number of amides is 1. The molecule has 9 heteroatoms. The zero-order chi connectivity index (χ0) is 23.4. The minimum atomic E-state index is -0.710. The molecule has 1 aromatic carbocycles. The predicted octanol–water partition coefficient (Wildman–Crippen LogP) is 4.37. The minimum absolute atomic E-state index is 0.0491. The van der Waals surface area contributed by atoms with E-state index in [0.29, 0.717) is 42.9 Å². The van der Waals surface area contributed by atoms with E-state index in [2.05, 4.69) is 20.2 Å². The van der Waals surface area contributed by atoms with E-state index in [9.17, 15) is 13.6 Å². The van der Waals surface area contributed by atoms with Gasteiger partial charge in [0.2, 0.25) is 0 Å². The van der Waals surface area contributed by atoms with Crippen molar-refractivity contribution in [2.24, 2.45) is 0 Å². The summed E-state index contributed by atoms with van der Waals surface area (Å²) in [5.74, 6) is -1.22. The summed E-state index contributed by atoms with van der Waals surface area (Å²) in [6.07, 6.45) is 5.72. The van der Waals surface area contributed by atoms with E-state index < -0.39 is 11.6 Å². The van der Waals surface area contributed by atoms with Crippen molar-refractivity contribution in [3.8, 4) is 11.5 Å². The number of halogens is 2. The summed E-state index contributed by atoms with van der Waals surface area (Å²) in [4.78, 5) is 23.3. The molecule has 0 aliphatic carbocycles. The fraction of sp³-hybridized carbons (Fsp3) is 0.292. The van der Waals surface area contributed by atoms with Crippen LogP contribution in [0.4, 0.5) is 20.2 Å². The maximum Gasteiger partial charge on any atom is 0.261 e. The van der Waals surface area contributed by atoms with Crippen molar-refractivity contribution < 1.29 is 23.0 Å². The van der Waals surface area contributed by atoms with Gasteiger partial charge in [-0.15, -0.1) is 0 Å². The Morgan fingerprint density at radius 1 is 1.12 bits per heavy atom. The number of rotatable bonds is 6. The summed E-state index contributed by atoms with van der Waals surface area (Å²) in [7, 11) is 1.50. The van der Waals surface area contributed by atoms with Crippen molar-refractivity contribution in [1.82, 2.24) is 9.97 Å². The Bertz CT molecular complexity index is 1150. The van der Waals surface area contributed by atoms with E-state index in [1.165, 1.54) is 25.4 Å². The van der Waals surface area contributed by atoms with Crippen LogP contribution in [-0.2, 0) is 0 Å². The fourth-order valence-corrected chi connectivity index (χ4v) is 3.79. The molecule has 0 saturated carbocycles. The molecule has 1 amide bonds. The molecule has 2 aromatic heterocycles. The molecule has 4 rings (SSSR count). The van der Waals surface area contributed by atoms with Gasteiger partial charge in [-0.2, -0.15) is 0 Å². The number of aryl methyl sites for hydroxylation is 1. The van der Waals surface area contributed by atoms with Crippen molar-refractivity contribution in [2.75, 3.05) is 30.4 Å². The average Bonchev–Trinajstić information content (AvgIpc) is 2.82. The molecule has 1 N–H and O–H groups in total. The molecular formula is C24H24F2N4O3. The Labute approximate surface area is 190 Å². The number of benzene rings is 1. The van der Waals surface area contributed by atoms with E-state index in [4.69, 9.17) is 9.47 Å². The molecule has 1 aliphatic rings. The number of hydrogen-bond donors (Lipinski definition) is 1. The van der Waals surface area contributed by atoms with E-state index in [-0.39, 0.29) is 17.8 Å². The summed E-state index contributed by atoms with van der Waals surface area (Å²) >= 11 is 0. The van der Waals surface area contributed by atoms with Gasteiger partial charge in [-0.05, 0) is 31.2 Å². The molecule has 7 nitrogen and oxygen atoms in total. The van der Waals surface area contributed by atoms with Crippen LogP contribution in [0.1, 0.15) is 28.9 Å². The minimum Gasteiger partial charge on any atom is -0.496 e. The van der Waals surface area contributed by atoms with E-state index in [0.717, 1.165) is 17.4 Å². The summed E-state index contributed by atoms with van der Waals surface area (Å²) in [6, 6.07) is 6.84. The van der Waals surface area contributed by atoms with Crippen LogP contribution in [-0.4, -0.2) is 42.2 Å². The van der Waals surface area contributed by atoms with Crippen molar-refractivity contribution in [1.29, 1.82) is 0 Å². The van der Waals surface area contributed by atoms with Crippen LogP contribution >= 0.6 is 0 Å². The molecular weight excluding hydrogens is 430 g/mol. The van der Waals surface area contributed by atoms with E-state index in [1.807, 2.05) is 13.0 Å². The number of ether oxygens (including phenoxy) is 2. The summed E-state index contributed by atoms with van der Waals surface area (Å²) in [5.41, 5.74) is 2.54. The maximum absolute atomic E-state index is 13.9. The van der Waals surface area contributed by atoms with Gasteiger partial charge in [-0.1, -0.05) is 0 Å². The first kappa shape index (κ1) is 22.4. The second-order valence-corrected chi connectivity index (χ2v) is 7.75. The Hall–Kier alpha value is -3.75. The number of carbonyl (C=O) groups is 1. The molecule has 0 spiro atoms. The van der Waals surface area contributed by atoms with Gasteiger partial charge in [0.15, 0.2) is 11.6 Å². The van der Waals surface area contributed by atoms with Gasteiger partial charge >= 0.3 is 0 Å². The van der Waals surface area contributed by atoms with Crippen LogP contribution < -0.4 is 19.7 Å². The molecule has 0 unspecified atom stereocenters. The first-order valence-corrected chi connectivity index (χ1v) is 10.6. The van der Waals surface area contributed by atoms with Crippen LogP contribution in [0.15, 0.2) is 48.9 Å². The molecule has 0 atom stereocenters. The van der Waals surface area contributed by atoms with Crippen molar-refractivity contribution in [3.63, 3.8) is 0 Å². The normalized spacial score (nSPS) is 14.1. The van der Waals surface area contributed by atoms with E-state index >= 15 is 0 Å². The lowest BCUT2D eigenvalue weighted by Gasteiger charge is -2.34. The predicted molar refractivity (Wildman–Crippen MR) is 120 cm³/mol. The number of anilines is 2. The highest BCUT2D eigenvalue weighted by molar-refractivity contribution is 6.07. The van der Waals surface area contributed by atoms with Crippen LogP contribution in [0.5, 0.6) is 11.5 Å². The lowest BCUT2D eigenvalue weighted by molar-refractivity contribution is 0.102. The Morgan fingerprint density at radius 3 is 2.64 bits per heavy atom. The molecule has 33 heavy (non-hydrogen) atoms. The Morgan fingerprint density at radius 2 is 1.91 bits per heavy atom. The molecule has 172 valence electrons. The highest BCUT2D eigenvalue weighted by Gasteiger charge is 2.24. The second-order valence-electron chi connectivity index (χ2n) is 7.75. The van der Waals surface area contributed by atoms with Crippen LogP contribution in [0, 0.1) is 18.6 Å². The van der Waals surface area contributed by atoms with Crippen molar-refractivity contribution in [3.05, 3.63) is 71.8 Å². The van der Waals surface area contributed by atoms with Gasteiger partial charge in [0.05, 0.1) is 30.2 Å². The second kappa shape index (κ2) is 9.81. The van der Waals surface area contributed by atoms with E-state index in [1.54, 1.807) is 18.5 Å². The third-order valence-corrected chi connectivity index (χ3v) is 5.48. The SMILES string of the molecule is COc1ccncc1C(=O)Nc1cnc(C)cc1N1CCC(Oc2ccc(F)cc2F)CC1. The smallest absolute Gasteiger partial charge is 0.261 e. The number of piperidine rings is 1. The summed E-state index contributed by atoms with van der Waals surface area (Å²) in [6.45, 7) is 3.15. The first-order valence-electron chi connectivity index (χ1n) is 10.6. The monoisotopic (exact) mass is 454 g/mol. The molecule has 1 fully saturated rings. The number of hydrogen-bond acceptors (Lipinski definition) is 6. The third kappa shape index (κ3) is 5.19. The number of pyridine rings is 2. The van der Waals surface area contributed by atoms with Gasteiger partial charge in [0.1, 0.15) is 17.7 Å². The molecule has 0 radical (unpaired) electrons. The van der Waals surface area contributed by atoms with Gasteiger partial charge < -0.3 is 19.7 Å². The highest BCUT2D eigenvalue weighted by Crippen LogP contribution is 2.31. The molecule has 0 bridgehead atoms. The lowest BCUT2D eigenvalue weighted by atomic mass is 10.1.